The molecule has 1 amide bonds. The molecular formula is C19H20ClN3O4. The summed E-state index contributed by atoms with van der Waals surface area (Å²) in [5.74, 6) is -1.23. The van der Waals surface area contributed by atoms with Gasteiger partial charge in [0, 0.05) is 30.6 Å². The minimum Gasteiger partial charge on any atom is -0.481 e. The molecule has 2 saturated heterocycles. The Balaban J connectivity index is 1.62. The fraction of sp³-hybridized carbons (Fsp3) is 0.421. The van der Waals surface area contributed by atoms with E-state index in [0.29, 0.717) is 42.5 Å². The number of likely N-dealkylation sites (tertiary alicyclic amines) is 1. The first-order valence-electron chi connectivity index (χ1n) is 8.83. The molecule has 0 saturated carbocycles. The zero-order valence-electron chi connectivity index (χ0n) is 14.9. The van der Waals surface area contributed by atoms with Crippen molar-refractivity contribution in [2.24, 2.45) is 11.3 Å². The predicted octanol–water partition coefficient (Wildman–Crippen LogP) is 2.40. The molecule has 2 aliphatic heterocycles. The summed E-state index contributed by atoms with van der Waals surface area (Å²) in [6, 6.07) is 7.23. The van der Waals surface area contributed by atoms with Gasteiger partial charge in [-0.2, -0.15) is 5.10 Å². The third-order valence-electron chi connectivity index (χ3n) is 5.71. The number of amides is 1. The lowest BCUT2D eigenvalue weighted by atomic mass is 9.74. The number of hydrogen-bond donors (Lipinski definition) is 1. The van der Waals surface area contributed by atoms with E-state index in [2.05, 4.69) is 5.10 Å². The van der Waals surface area contributed by atoms with Crippen molar-refractivity contribution >= 4 is 23.5 Å². The second kappa shape index (κ2) is 6.65. The van der Waals surface area contributed by atoms with E-state index in [0.717, 1.165) is 5.69 Å². The maximum atomic E-state index is 13.1. The van der Waals surface area contributed by atoms with E-state index in [1.807, 2.05) is 19.1 Å². The monoisotopic (exact) mass is 389 g/mol. The minimum absolute atomic E-state index is 0.184. The predicted molar refractivity (Wildman–Crippen MR) is 98.2 cm³/mol. The summed E-state index contributed by atoms with van der Waals surface area (Å²) in [7, 11) is 0. The second-order valence-electron chi connectivity index (χ2n) is 7.20. The molecule has 2 atom stereocenters. The van der Waals surface area contributed by atoms with Crippen LogP contribution < -0.4 is 0 Å². The lowest BCUT2D eigenvalue weighted by molar-refractivity contribution is -0.157. The molecule has 1 N–H and O–H groups in total. The first-order valence-corrected chi connectivity index (χ1v) is 9.21. The molecule has 3 heterocycles. The molecule has 142 valence electrons. The number of hydrogen-bond acceptors (Lipinski definition) is 4. The minimum atomic E-state index is -0.912. The normalized spacial score (nSPS) is 24.7. The smallest absolute Gasteiger partial charge is 0.311 e. The van der Waals surface area contributed by atoms with E-state index in [-0.39, 0.29) is 18.4 Å². The van der Waals surface area contributed by atoms with Crippen LogP contribution in [0.15, 0.2) is 30.5 Å². The van der Waals surface area contributed by atoms with Gasteiger partial charge in [-0.1, -0.05) is 17.7 Å². The van der Waals surface area contributed by atoms with Crippen LogP contribution in [-0.4, -0.2) is 58.0 Å². The van der Waals surface area contributed by atoms with Gasteiger partial charge in [-0.05, 0) is 31.5 Å². The van der Waals surface area contributed by atoms with Crippen molar-refractivity contribution in [2.75, 3.05) is 26.3 Å². The highest BCUT2D eigenvalue weighted by atomic mass is 35.5. The van der Waals surface area contributed by atoms with Crippen LogP contribution >= 0.6 is 11.6 Å². The van der Waals surface area contributed by atoms with Crippen LogP contribution in [-0.2, 0) is 9.53 Å². The van der Waals surface area contributed by atoms with Crippen LogP contribution in [0.25, 0.3) is 5.69 Å². The summed E-state index contributed by atoms with van der Waals surface area (Å²) in [6.45, 7) is 3.19. The van der Waals surface area contributed by atoms with Gasteiger partial charge in [0.25, 0.3) is 5.91 Å². The van der Waals surface area contributed by atoms with Crippen LogP contribution in [0.4, 0.5) is 0 Å². The maximum Gasteiger partial charge on any atom is 0.311 e. The Kier molecular flexibility index (Phi) is 4.44. The Morgan fingerprint density at radius 2 is 2.22 bits per heavy atom. The summed E-state index contributed by atoms with van der Waals surface area (Å²) in [4.78, 5) is 26.7. The number of aliphatic carboxylic acids is 1. The molecule has 7 nitrogen and oxygen atoms in total. The number of carbonyl (C=O) groups is 2. The summed E-state index contributed by atoms with van der Waals surface area (Å²) in [5.41, 5.74) is 1.02. The van der Waals surface area contributed by atoms with Crippen molar-refractivity contribution in [3.63, 3.8) is 0 Å². The lowest BCUT2D eigenvalue weighted by Gasteiger charge is -2.33. The number of halogens is 1. The van der Waals surface area contributed by atoms with Crippen LogP contribution in [0.5, 0.6) is 0 Å². The molecule has 27 heavy (non-hydrogen) atoms. The Bertz CT molecular complexity index is 912. The van der Waals surface area contributed by atoms with Gasteiger partial charge in [0.05, 0.1) is 35.2 Å². The zero-order chi connectivity index (χ0) is 19.2. The number of rotatable bonds is 3. The highest BCUT2D eigenvalue weighted by molar-refractivity contribution is 6.30. The van der Waals surface area contributed by atoms with Gasteiger partial charge in [-0.25, -0.2) is 4.68 Å². The van der Waals surface area contributed by atoms with Crippen molar-refractivity contribution in [1.82, 2.24) is 14.7 Å². The van der Waals surface area contributed by atoms with E-state index >= 15 is 0 Å². The average molecular weight is 390 g/mol. The molecule has 2 fully saturated rings. The van der Waals surface area contributed by atoms with Crippen LogP contribution in [0.3, 0.4) is 0 Å². The summed E-state index contributed by atoms with van der Waals surface area (Å²) >= 11 is 6.05. The van der Waals surface area contributed by atoms with Gasteiger partial charge >= 0.3 is 5.97 Å². The topological polar surface area (TPSA) is 84.7 Å². The Hall–Kier alpha value is -2.38. The fourth-order valence-corrected chi connectivity index (χ4v) is 4.30. The third kappa shape index (κ3) is 2.91. The van der Waals surface area contributed by atoms with E-state index in [1.165, 1.54) is 6.20 Å². The number of ether oxygens (including phenoxy) is 1. The van der Waals surface area contributed by atoms with Crippen molar-refractivity contribution in [2.45, 2.75) is 13.3 Å². The van der Waals surface area contributed by atoms with Crippen LogP contribution in [0, 0.1) is 18.3 Å². The lowest BCUT2D eigenvalue weighted by Crippen LogP contribution is -2.45. The zero-order valence-corrected chi connectivity index (χ0v) is 15.6. The molecule has 0 spiro atoms. The number of benzene rings is 1. The molecule has 4 rings (SSSR count). The highest BCUT2D eigenvalue weighted by Crippen LogP contribution is 2.43. The number of aromatic nitrogens is 2. The summed E-state index contributed by atoms with van der Waals surface area (Å²) in [5, 5.41) is 14.7. The Morgan fingerprint density at radius 1 is 1.41 bits per heavy atom. The Morgan fingerprint density at radius 3 is 2.93 bits per heavy atom. The Labute approximate surface area is 161 Å². The van der Waals surface area contributed by atoms with Gasteiger partial charge in [0.15, 0.2) is 0 Å². The van der Waals surface area contributed by atoms with Gasteiger partial charge in [-0.3, -0.25) is 9.59 Å². The highest BCUT2D eigenvalue weighted by Gasteiger charge is 2.55. The van der Waals surface area contributed by atoms with Gasteiger partial charge in [0.2, 0.25) is 0 Å². The van der Waals surface area contributed by atoms with Crippen LogP contribution in [0.1, 0.15) is 22.5 Å². The van der Waals surface area contributed by atoms with Crippen molar-refractivity contribution in [3.8, 4) is 5.69 Å². The molecule has 2 aromatic rings. The second-order valence-corrected chi connectivity index (χ2v) is 7.64. The maximum absolute atomic E-state index is 13.1. The van der Waals surface area contributed by atoms with Crippen LogP contribution in [0.2, 0.25) is 5.02 Å². The van der Waals surface area contributed by atoms with Crippen molar-refractivity contribution in [3.05, 3.63) is 46.7 Å². The molecule has 0 unspecified atom stereocenters. The number of nitrogens with zero attached hydrogens (tertiary/aromatic N) is 3. The third-order valence-corrected chi connectivity index (χ3v) is 5.95. The first-order chi connectivity index (χ1) is 12.9. The molecule has 1 aromatic heterocycles. The van der Waals surface area contributed by atoms with E-state index < -0.39 is 11.4 Å². The van der Waals surface area contributed by atoms with E-state index in [1.54, 1.807) is 21.7 Å². The van der Waals surface area contributed by atoms with Crippen molar-refractivity contribution in [1.29, 1.82) is 0 Å². The number of fused-ring (bicyclic) bond motifs is 1. The summed E-state index contributed by atoms with van der Waals surface area (Å²) in [6.07, 6.45) is 1.96. The SMILES string of the molecule is Cc1c(C(=O)N2C[C@H]3COCC[C@@]3(C(=O)O)C2)cnn1-c1cccc(Cl)c1. The fourth-order valence-electron chi connectivity index (χ4n) is 4.11. The molecule has 1 aromatic carbocycles. The summed E-state index contributed by atoms with van der Waals surface area (Å²) < 4.78 is 7.12. The number of carbonyl (C=O) groups excluding carboxylic acids is 1. The molecule has 8 heteroatoms. The van der Waals surface area contributed by atoms with E-state index in [9.17, 15) is 14.7 Å². The molecule has 0 radical (unpaired) electrons. The van der Waals surface area contributed by atoms with Gasteiger partial charge in [0.1, 0.15) is 0 Å². The average Bonchev–Trinajstić information content (AvgIpc) is 3.23. The van der Waals surface area contributed by atoms with Crippen molar-refractivity contribution < 1.29 is 19.4 Å². The number of carboxylic acids is 1. The number of carboxylic acid groups (broad SMARTS) is 1. The van der Waals surface area contributed by atoms with Gasteiger partial charge in [-0.15, -0.1) is 0 Å². The molecule has 2 aliphatic rings. The quantitative estimate of drug-likeness (QED) is 0.871. The molecule has 0 aliphatic carbocycles. The van der Waals surface area contributed by atoms with Gasteiger partial charge < -0.3 is 14.7 Å². The molecule has 0 bridgehead atoms. The van der Waals surface area contributed by atoms with E-state index in [4.69, 9.17) is 16.3 Å². The first kappa shape index (κ1) is 18.0. The standard InChI is InChI=1S/C19H20ClN3O4/c1-12-16(8-21-23(12)15-4-2-3-14(20)7-15)17(24)22-9-13-10-27-6-5-19(13,11-22)18(25)26/h2-4,7-8,13H,5-6,9-11H2,1H3,(H,25,26)/t13-,19+/m0/s1. The molecular weight excluding hydrogens is 370 g/mol. The largest absolute Gasteiger partial charge is 0.481 e.